The molecular weight excluding hydrogens is 294 g/mol. The van der Waals surface area contributed by atoms with Gasteiger partial charge >= 0.3 is 0 Å². The maximum Gasteiger partial charge on any atom is 0.164 e. The van der Waals surface area contributed by atoms with Gasteiger partial charge in [0.25, 0.3) is 0 Å². The van der Waals surface area contributed by atoms with Gasteiger partial charge in [-0.05, 0) is 25.0 Å². The molecule has 0 aliphatic heterocycles. The average molecular weight is 312 g/mol. The van der Waals surface area contributed by atoms with Crippen molar-refractivity contribution >= 4 is 28.8 Å². The topological polar surface area (TPSA) is 30.5 Å². The Morgan fingerprint density at radius 3 is 2.80 bits per heavy atom. The molecule has 0 radical (unpaired) electrons. The van der Waals surface area contributed by atoms with Crippen LogP contribution in [0.15, 0.2) is 12.1 Å². The quantitative estimate of drug-likeness (QED) is 0.618. The van der Waals surface area contributed by atoms with Crippen molar-refractivity contribution in [3.05, 3.63) is 22.7 Å². The molecule has 0 heterocycles. The van der Waals surface area contributed by atoms with Crippen LogP contribution in [0.2, 0.25) is 5.02 Å². The van der Waals surface area contributed by atoms with E-state index < -0.39 is 0 Å². The second-order valence-electron chi connectivity index (χ2n) is 4.04. The van der Waals surface area contributed by atoms with E-state index in [1.807, 2.05) is 13.0 Å². The first-order valence-corrected chi connectivity index (χ1v) is 7.10. The van der Waals surface area contributed by atoms with Crippen LogP contribution in [-0.2, 0) is 6.42 Å². The highest BCUT2D eigenvalue weighted by molar-refractivity contribution is 7.80. The van der Waals surface area contributed by atoms with E-state index in [-0.39, 0.29) is 6.61 Å². The van der Waals surface area contributed by atoms with Crippen molar-refractivity contribution < 1.29 is 9.47 Å². The largest absolute Gasteiger partial charge is 0.493 e. The van der Waals surface area contributed by atoms with Crippen molar-refractivity contribution in [3.63, 3.8) is 0 Å². The lowest BCUT2D eigenvalue weighted by Gasteiger charge is -2.13. The number of thiocarbonyl (C=S) groups is 1. The predicted octanol–water partition coefficient (Wildman–Crippen LogP) is 3.23. The normalized spacial score (nSPS) is 9.70. The first-order chi connectivity index (χ1) is 9.62. The number of benzene rings is 1. The first-order valence-electron chi connectivity index (χ1n) is 6.31. The summed E-state index contributed by atoms with van der Waals surface area (Å²) in [4.78, 5) is 0.829. The molecule has 0 amide bonds. The summed E-state index contributed by atoms with van der Waals surface area (Å²) >= 11 is 11.5. The van der Waals surface area contributed by atoms with Gasteiger partial charge in [0.05, 0.1) is 12.1 Å². The molecular formula is C15H18ClNO2S. The zero-order valence-electron chi connectivity index (χ0n) is 11.7. The highest BCUT2D eigenvalue weighted by Gasteiger charge is 2.11. The zero-order valence-corrected chi connectivity index (χ0v) is 13.2. The fourth-order valence-electron chi connectivity index (χ4n) is 1.69. The van der Waals surface area contributed by atoms with Gasteiger partial charge in [0.2, 0.25) is 0 Å². The van der Waals surface area contributed by atoms with Crippen molar-refractivity contribution in [1.82, 2.24) is 5.32 Å². The molecule has 1 N–H and O–H groups in total. The summed E-state index contributed by atoms with van der Waals surface area (Å²) in [6, 6.07) is 3.59. The molecule has 0 saturated heterocycles. The molecule has 0 aromatic heterocycles. The Morgan fingerprint density at radius 1 is 1.45 bits per heavy atom. The van der Waals surface area contributed by atoms with Gasteiger partial charge in [-0.1, -0.05) is 29.7 Å². The summed E-state index contributed by atoms with van der Waals surface area (Å²) < 4.78 is 10.7. The van der Waals surface area contributed by atoms with E-state index in [9.17, 15) is 0 Å². The van der Waals surface area contributed by atoms with Gasteiger partial charge in [-0.2, -0.15) is 0 Å². The molecule has 1 rings (SSSR count). The molecule has 0 saturated carbocycles. The standard InChI is InChI=1S/C15H18ClNO2S/c1-4-8-19-14-10-12(16)11(9-13(14)18-3)6-7-15(20)17-5-2/h1,9-10H,5-8H2,2-3H3,(H,17,20). The monoisotopic (exact) mass is 311 g/mol. The van der Waals surface area contributed by atoms with E-state index in [4.69, 9.17) is 39.7 Å². The molecule has 0 unspecified atom stereocenters. The van der Waals surface area contributed by atoms with E-state index in [0.717, 1.165) is 29.9 Å². The minimum Gasteiger partial charge on any atom is -0.493 e. The van der Waals surface area contributed by atoms with Crippen LogP contribution in [0.1, 0.15) is 18.9 Å². The summed E-state index contributed by atoms with van der Waals surface area (Å²) in [7, 11) is 1.58. The van der Waals surface area contributed by atoms with Gasteiger partial charge in [0.1, 0.15) is 6.61 Å². The third-order valence-electron chi connectivity index (χ3n) is 2.64. The van der Waals surface area contributed by atoms with Crippen LogP contribution in [-0.4, -0.2) is 25.2 Å². The Kier molecular flexibility index (Phi) is 7.21. The summed E-state index contributed by atoms with van der Waals surface area (Å²) in [5.74, 6) is 3.58. The Hall–Kier alpha value is -1.44. The van der Waals surface area contributed by atoms with Crippen LogP contribution < -0.4 is 14.8 Å². The van der Waals surface area contributed by atoms with Gasteiger partial charge in [-0.3, -0.25) is 0 Å². The molecule has 0 aliphatic carbocycles. The summed E-state index contributed by atoms with van der Waals surface area (Å²) in [6.45, 7) is 3.02. The molecule has 5 heteroatoms. The molecule has 108 valence electrons. The van der Waals surface area contributed by atoms with Crippen molar-refractivity contribution in [2.75, 3.05) is 20.3 Å². The van der Waals surface area contributed by atoms with Crippen LogP contribution >= 0.6 is 23.8 Å². The second kappa shape index (κ2) is 8.68. The lowest BCUT2D eigenvalue weighted by atomic mass is 10.1. The molecule has 0 atom stereocenters. The molecule has 1 aromatic rings. The number of ether oxygens (including phenoxy) is 2. The van der Waals surface area contributed by atoms with Crippen LogP contribution in [0.4, 0.5) is 0 Å². The van der Waals surface area contributed by atoms with Crippen LogP contribution in [0.3, 0.4) is 0 Å². The van der Waals surface area contributed by atoms with Crippen molar-refractivity contribution in [3.8, 4) is 23.8 Å². The molecule has 3 nitrogen and oxygen atoms in total. The summed E-state index contributed by atoms with van der Waals surface area (Å²) in [5.41, 5.74) is 0.969. The predicted molar refractivity (Wildman–Crippen MR) is 86.9 cm³/mol. The second-order valence-corrected chi connectivity index (χ2v) is 4.94. The number of hydrogen-bond acceptors (Lipinski definition) is 3. The van der Waals surface area contributed by atoms with Gasteiger partial charge in [-0.25, -0.2) is 0 Å². The lowest BCUT2D eigenvalue weighted by Crippen LogP contribution is -2.20. The third-order valence-corrected chi connectivity index (χ3v) is 3.34. The maximum atomic E-state index is 6.25. The van der Waals surface area contributed by atoms with Crippen LogP contribution in [0.25, 0.3) is 0 Å². The van der Waals surface area contributed by atoms with E-state index in [2.05, 4.69) is 11.2 Å². The molecule has 0 fully saturated rings. The number of terminal acetylenes is 1. The zero-order chi connectivity index (χ0) is 15.0. The minimum atomic E-state index is 0.177. The number of aryl methyl sites for hydroxylation is 1. The highest BCUT2D eigenvalue weighted by Crippen LogP contribution is 2.33. The van der Waals surface area contributed by atoms with E-state index >= 15 is 0 Å². The fraction of sp³-hybridized carbons (Fsp3) is 0.400. The Bertz CT molecular complexity index is 511. The van der Waals surface area contributed by atoms with Gasteiger partial charge in [-0.15, -0.1) is 6.42 Å². The summed E-state index contributed by atoms with van der Waals surface area (Å²) in [5, 5.41) is 3.74. The van der Waals surface area contributed by atoms with E-state index in [0.29, 0.717) is 16.5 Å². The molecule has 20 heavy (non-hydrogen) atoms. The number of hydrogen-bond donors (Lipinski definition) is 1. The van der Waals surface area contributed by atoms with Gasteiger partial charge in [0.15, 0.2) is 11.5 Å². The van der Waals surface area contributed by atoms with Crippen molar-refractivity contribution in [2.24, 2.45) is 0 Å². The number of nitrogens with one attached hydrogen (secondary N) is 1. The molecule has 0 aliphatic rings. The highest BCUT2D eigenvalue weighted by atomic mass is 35.5. The first kappa shape index (κ1) is 16.6. The van der Waals surface area contributed by atoms with Crippen molar-refractivity contribution in [1.29, 1.82) is 0 Å². The van der Waals surface area contributed by atoms with Crippen LogP contribution in [0.5, 0.6) is 11.5 Å². The van der Waals surface area contributed by atoms with Gasteiger partial charge in [0, 0.05) is 24.1 Å². The smallest absolute Gasteiger partial charge is 0.164 e. The Morgan fingerprint density at radius 2 is 2.20 bits per heavy atom. The number of halogens is 1. The SMILES string of the molecule is C#CCOc1cc(Cl)c(CCC(=S)NCC)cc1OC. The number of rotatable bonds is 7. The summed E-state index contributed by atoms with van der Waals surface area (Å²) in [6.07, 6.45) is 6.67. The minimum absolute atomic E-state index is 0.177. The number of methoxy groups -OCH3 is 1. The average Bonchev–Trinajstić information content (AvgIpc) is 2.44. The molecule has 0 spiro atoms. The van der Waals surface area contributed by atoms with E-state index in [1.165, 1.54) is 0 Å². The van der Waals surface area contributed by atoms with Crippen molar-refractivity contribution in [2.45, 2.75) is 19.8 Å². The van der Waals surface area contributed by atoms with Crippen LogP contribution in [0, 0.1) is 12.3 Å². The molecule has 1 aromatic carbocycles. The Balaban J connectivity index is 2.82. The Labute approximate surface area is 130 Å². The fourth-order valence-corrected chi connectivity index (χ4v) is 2.19. The lowest BCUT2D eigenvalue weighted by molar-refractivity contribution is 0.330. The third kappa shape index (κ3) is 4.92. The maximum absolute atomic E-state index is 6.25. The van der Waals surface area contributed by atoms with E-state index in [1.54, 1.807) is 13.2 Å². The molecule has 0 bridgehead atoms. The van der Waals surface area contributed by atoms with Gasteiger partial charge < -0.3 is 14.8 Å².